The number of unbranched alkanes of at least 4 members (excludes halogenated alkanes) is 41. The molecule has 0 aromatic rings. The van der Waals surface area contributed by atoms with Gasteiger partial charge in [-0.25, -0.2) is 0 Å². The summed E-state index contributed by atoms with van der Waals surface area (Å²) in [5.41, 5.74) is 0. The number of nitrogens with one attached hydrogen (secondary N) is 1. The quantitative estimate of drug-likeness (QED) is 0.0199. The van der Waals surface area contributed by atoms with Crippen LogP contribution in [0.3, 0.4) is 0 Å². The number of carbonyl (C=O) groups is 1. The first-order valence-electron chi connectivity index (χ1n) is 36.4. The van der Waals surface area contributed by atoms with Crippen molar-refractivity contribution in [2.45, 2.75) is 401 Å². The van der Waals surface area contributed by atoms with E-state index in [-0.39, 0.29) is 18.9 Å². The second kappa shape index (κ2) is 52.8. The smallest absolute Gasteiger partial charge is 0.220 e. The van der Waals surface area contributed by atoms with E-state index < -0.39 is 124 Å². The zero-order valence-electron chi connectivity index (χ0n) is 55.7. The normalized spacial score (nSPS) is 28.2. The first-order valence-corrected chi connectivity index (χ1v) is 36.4. The van der Waals surface area contributed by atoms with Gasteiger partial charge in [-0.05, 0) is 19.3 Å². The number of rotatable bonds is 57. The molecule has 19 heteroatoms. The maximum atomic E-state index is 13.4. The van der Waals surface area contributed by atoms with E-state index in [0.29, 0.717) is 6.42 Å². The molecule has 0 saturated carbocycles. The number of hydrogen-bond donors (Lipinski definition) is 12. The third-order valence-electron chi connectivity index (χ3n) is 18.6. The van der Waals surface area contributed by atoms with Crippen LogP contribution in [0.15, 0.2) is 12.2 Å². The van der Waals surface area contributed by atoms with Crippen molar-refractivity contribution in [3.05, 3.63) is 12.2 Å². The number of allylic oxidation sites excluding steroid dienone is 1. The Morgan fingerprint density at radius 2 is 0.697 bits per heavy atom. The van der Waals surface area contributed by atoms with Crippen LogP contribution in [0.2, 0.25) is 0 Å². The third-order valence-corrected chi connectivity index (χ3v) is 18.6. The van der Waals surface area contributed by atoms with Crippen molar-refractivity contribution in [3.8, 4) is 0 Å². The zero-order chi connectivity index (χ0) is 64.7. The summed E-state index contributed by atoms with van der Waals surface area (Å²) in [6.45, 7) is 1.78. The lowest BCUT2D eigenvalue weighted by molar-refractivity contribution is -0.379. The van der Waals surface area contributed by atoms with Crippen LogP contribution >= 0.6 is 0 Å². The Labute approximate surface area is 537 Å². The summed E-state index contributed by atoms with van der Waals surface area (Å²) in [5, 5.41) is 121. The minimum absolute atomic E-state index is 0.250. The van der Waals surface area contributed by atoms with Crippen molar-refractivity contribution >= 4 is 5.91 Å². The molecule has 0 radical (unpaired) electrons. The summed E-state index contributed by atoms with van der Waals surface area (Å²) in [4.78, 5) is 13.4. The molecule has 1 amide bonds. The van der Waals surface area contributed by atoms with Gasteiger partial charge in [0.1, 0.15) is 73.2 Å². The lowest BCUT2D eigenvalue weighted by Gasteiger charge is -2.48. The Balaban J connectivity index is 1.42. The summed E-state index contributed by atoms with van der Waals surface area (Å²) in [6, 6.07) is -0.969. The predicted molar refractivity (Wildman–Crippen MR) is 347 cm³/mol. The average Bonchev–Trinajstić information content (AvgIpc) is 1.92. The number of carbonyl (C=O) groups excluding carboxylic acids is 1. The molecule has 3 fully saturated rings. The standard InChI is InChI=1S/C70H133NO18/c1-3-5-7-9-11-13-15-17-19-21-23-24-25-26-27-28-30-31-33-35-37-39-41-43-45-47-54(75)53(71-58(76)48-46-44-42-40-38-36-34-32-29-22-20-18-16-14-12-10-8-6-4-2)52-84-68-64(82)61(79)66(56(50-73)86-68)89-70-65(83)62(80)67(57(51-74)87-70)88-69-63(81)60(78)59(77)55(49-72)85-69/h45,47,53-57,59-70,72-75,77-83H,3-44,46,48-52H2,1-2H3,(H,71,76)/b47-45+. The summed E-state index contributed by atoms with van der Waals surface area (Å²) in [7, 11) is 0. The molecule has 0 aromatic heterocycles. The van der Waals surface area contributed by atoms with Crippen LogP contribution in [0.5, 0.6) is 0 Å². The third kappa shape index (κ3) is 34.7. The second-order valence-corrected chi connectivity index (χ2v) is 26.4. The highest BCUT2D eigenvalue weighted by Gasteiger charge is 2.53. The molecule has 89 heavy (non-hydrogen) atoms. The van der Waals surface area contributed by atoms with E-state index in [2.05, 4.69) is 19.2 Å². The highest BCUT2D eigenvalue weighted by atomic mass is 16.8. The maximum absolute atomic E-state index is 13.4. The molecular weight excluding hydrogens is 1140 g/mol. The molecule has 19 nitrogen and oxygen atoms in total. The molecule has 3 saturated heterocycles. The van der Waals surface area contributed by atoms with Crippen molar-refractivity contribution < 1.29 is 89.4 Å². The number of hydrogen-bond acceptors (Lipinski definition) is 18. The monoisotopic (exact) mass is 1280 g/mol. The first kappa shape index (κ1) is 81.8. The number of aliphatic hydroxyl groups is 11. The summed E-state index contributed by atoms with van der Waals surface area (Å²) in [6.07, 6.45) is 31.9. The lowest BCUT2D eigenvalue weighted by Crippen LogP contribution is -2.66. The van der Waals surface area contributed by atoms with Crippen LogP contribution in [0.4, 0.5) is 0 Å². The van der Waals surface area contributed by atoms with Crippen molar-refractivity contribution in [2.24, 2.45) is 0 Å². The van der Waals surface area contributed by atoms with E-state index in [9.17, 15) is 61.0 Å². The molecule has 0 aliphatic carbocycles. The topological polar surface area (TPSA) is 307 Å². The predicted octanol–water partition coefficient (Wildman–Crippen LogP) is 10.1. The highest BCUT2D eigenvalue weighted by molar-refractivity contribution is 5.76. The number of ether oxygens (including phenoxy) is 6. The molecule has 3 aliphatic rings. The van der Waals surface area contributed by atoms with E-state index in [1.165, 1.54) is 225 Å². The number of aliphatic hydroxyl groups excluding tert-OH is 11. The Hall–Kier alpha value is -1.47. The van der Waals surface area contributed by atoms with Gasteiger partial charge in [0.15, 0.2) is 18.9 Å². The Morgan fingerprint density at radius 1 is 0.393 bits per heavy atom. The fourth-order valence-electron chi connectivity index (χ4n) is 12.7. The van der Waals surface area contributed by atoms with Gasteiger partial charge in [0.2, 0.25) is 5.91 Å². The Bertz CT molecular complexity index is 1670. The minimum Gasteiger partial charge on any atom is -0.394 e. The van der Waals surface area contributed by atoms with Crippen LogP contribution < -0.4 is 5.32 Å². The molecular formula is C70H133NO18. The molecule has 0 spiro atoms. The minimum atomic E-state index is -1.98. The van der Waals surface area contributed by atoms with Gasteiger partial charge in [-0.15, -0.1) is 0 Å². The summed E-state index contributed by atoms with van der Waals surface area (Å²) in [5.74, 6) is -0.269. The second-order valence-electron chi connectivity index (χ2n) is 26.4. The molecule has 17 unspecified atom stereocenters. The fourth-order valence-corrected chi connectivity index (χ4v) is 12.7. The molecule has 526 valence electrons. The van der Waals surface area contributed by atoms with Gasteiger partial charge in [-0.3, -0.25) is 4.79 Å². The Kier molecular flexibility index (Phi) is 48.5. The van der Waals surface area contributed by atoms with Gasteiger partial charge in [0.25, 0.3) is 0 Å². The molecule has 17 atom stereocenters. The van der Waals surface area contributed by atoms with Crippen LogP contribution in [0.1, 0.15) is 296 Å². The van der Waals surface area contributed by atoms with E-state index in [0.717, 1.165) is 44.9 Å². The largest absolute Gasteiger partial charge is 0.394 e. The Morgan fingerprint density at radius 3 is 1.06 bits per heavy atom. The SMILES string of the molecule is CCCCCCCCCCCCCCCCCCCCCCCCC/C=C/C(O)C(COC1OC(CO)C(OC2OC(CO)C(OC3OC(CO)C(O)C(O)C3O)C(O)C2O)C(O)C1O)NC(=O)CCCCCCCCCCCCCCCCCCCCC. The van der Waals surface area contributed by atoms with Crippen LogP contribution in [0.25, 0.3) is 0 Å². The van der Waals surface area contributed by atoms with Crippen LogP contribution in [0, 0.1) is 0 Å². The molecule has 3 aliphatic heterocycles. The fraction of sp³-hybridized carbons (Fsp3) is 0.957. The van der Waals surface area contributed by atoms with Crippen molar-refractivity contribution in [2.75, 3.05) is 26.4 Å². The molecule has 3 heterocycles. The van der Waals surface area contributed by atoms with Gasteiger partial charge in [-0.2, -0.15) is 0 Å². The average molecular weight is 1280 g/mol. The van der Waals surface area contributed by atoms with E-state index >= 15 is 0 Å². The van der Waals surface area contributed by atoms with E-state index in [4.69, 9.17) is 28.4 Å². The summed E-state index contributed by atoms with van der Waals surface area (Å²) < 4.78 is 34.4. The lowest BCUT2D eigenvalue weighted by atomic mass is 9.96. The van der Waals surface area contributed by atoms with E-state index in [1.807, 2.05) is 6.08 Å². The van der Waals surface area contributed by atoms with Gasteiger partial charge in [0, 0.05) is 6.42 Å². The van der Waals surface area contributed by atoms with Crippen LogP contribution in [-0.4, -0.2) is 193 Å². The van der Waals surface area contributed by atoms with Gasteiger partial charge < -0.3 is 89.9 Å². The van der Waals surface area contributed by atoms with Crippen LogP contribution in [-0.2, 0) is 33.2 Å². The van der Waals surface area contributed by atoms with E-state index in [1.54, 1.807) is 6.08 Å². The summed E-state index contributed by atoms with van der Waals surface area (Å²) >= 11 is 0. The molecule has 3 rings (SSSR count). The van der Waals surface area contributed by atoms with Gasteiger partial charge in [0.05, 0.1) is 38.6 Å². The number of amides is 1. The van der Waals surface area contributed by atoms with Crippen molar-refractivity contribution in [1.29, 1.82) is 0 Å². The maximum Gasteiger partial charge on any atom is 0.220 e. The first-order chi connectivity index (χ1) is 43.3. The van der Waals surface area contributed by atoms with Crippen molar-refractivity contribution in [3.63, 3.8) is 0 Å². The molecule has 12 N–H and O–H groups in total. The zero-order valence-corrected chi connectivity index (χ0v) is 55.7. The van der Waals surface area contributed by atoms with Gasteiger partial charge in [-0.1, -0.05) is 283 Å². The molecule has 0 aromatic carbocycles. The van der Waals surface area contributed by atoms with Crippen molar-refractivity contribution in [1.82, 2.24) is 5.32 Å². The highest BCUT2D eigenvalue weighted by Crippen LogP contribution is 2.33. The molecule has 0 bridgehead atoms. The van der Waals surface area contributed by atoms with Gasteiger partial charge >= 0.3 is 0 Å².